The van der Waals surface area contributed by atoms with Crippen LogP contribution in [0.25, 0.3) is 0 Å². The van der Waals surface area contributed by atoms with E-state index in [1.165, 1.54) is 11.3 Å². The van der Waals surface area contributed by atoms with E-state index in [4.69, 9.17) is 4.74 Å². The molecule has 0 saturated carbocycles. The third-order valence-electron chi connectivity index (χ3n) is 4.49. The van der Waals surface area contributed by atoms with E-state index in [1.807, 2.05) is 6.20 Å². The van der Waals surface area contributed by atoms with Gasteiger partial charge in [-0.05, 0) is 5.56 Å². The minimum absolute atomic E-state index is 0.808. The Morgan fingerprint density at radius 1 is 1.00 bits per heavy atom. The highest BCUT2D eigenvalue weighted by atomic mass is 16.5. The summed E-state index contributed by atoms with van der Waals surface area (Å²) in [5.41, 5.74) is 2.70. The van der Waals surface area contributed by atoms with Gasteiger partial charge in [-0.25, -0.2) is 4.98 Å². The van der Waals surface area contributed by atoms with E-state index in [-0.39, 0.29) is 0 Å². The Balaban J connectivity index is 1.47. The molecule has 5 heteroatoms. The molecule has 0 N–H and O–H groups in total. The van der Waals surface area contributed by atoms with Gasteiger partial charge in [-0.15, -0.1) is 0 Å². The van der Waals surface area contributed by atoms with Crippen LogP contribution in [0.1, 0.15) is 11.3 Å². The summed E-state index contributed by atoms with van der Waals surface area (Å²) in [5.74, 6) is 1.12. The van der Waals surface area contributed by atoms with Gasteiger partial charge in [0.05, 0.1) is 25.1 Å². The zero-order valence-electron chi connectivity index (χ0n) is 12.8. The number of hydrogen-bond acceptors (Lipinski definition) is 4. The molecule has 1 saturated heterocycles. The van der Waals surface area contributed by atoms with Gasteiger partial charge in [-0.1, -0.05) is 30.3 Å². The summed E-state index contributed by atoms with van der Waals surface area (Å²) in [6.07, 6.45) is 2.04. The highest BCUT2D eigenvalue weighted by Gasteiger charge is 2.23. The summed E-state index contributed by atoms with van der Waals surface area (Å²) in [7, 11) is 0. The Hall–Kier alpha value is -1.85. The maximum absolute atomic E-state index is 5.44. The van der Waals surface area contributed by atoms with Gasteiger partial charge >= 0.3 is 0 Å². The van der Waals surface area contributed by atoms with Crippen molar-refractivity contribution in [3.05, 3.63) is 47.8 Å². The molecule has 3 heterocycles. The SMILES string of the molecule is c1ccc(CN2CCn3c(cnc3N3CCOCC3)C2)cc1. The topological polar surface area (TPSA) is 33.5 Å². The molecular weight excluding hydrogens is 276 g/mol. The predicted molar refractivity (Wildman–Crippen MR) is 85.8 cm³/mol. The lowest BCUT2D eigenvalue weighted by molar-refractivity contribution is 0.121. The van der Waals surface area contributed by atoms with Crippen LogP contribution in [0.15, 0.2) is 36.5 Å². The average molecular weight is 298 g/mol. The molecule has 0 radical (unpaired) electrons. The summed E-state index contributed by atoms with van der Waals surface area (Å²) in [5, 5.41) is 0. The van der Waals surface area contributed by atoms with Crippen molar-refractivity contribution in [1.82, 2.24) is 14.5 Å². The van der Waals surface area contributed by atoms with Crippen molar-refractivity contribution < 1.29 is 4.74 Å². The van der Waals surface area contributed by atoms with Gasteiger partial charge in [0.1, 0.15) is 0 Å². The van der Waals surface area contributed by atoms with Gasteiger partial charge in [0, 0.05) is 39.3 Å². The van der Waals surface area contributed by atoms with Crippen LogP contribution in [0.4, 0.5) is 5.95 Å². The zero-order chi connectivity index (χ0) is 14.8. The number of ether oxygens (including phenoxy) is 1. The number of rotatable bonds is 3. The second-order valence-electron chi connectivity index (χ2n) is 6.00. The quantitative estimate of drug-likeness (QED) is 0.864. The fourth-order valence-electron chi connectivity index (χ4n) is 3.31. The maximum Gasteiger partial charge on any atom is 0.205 e. The lowest BCUT2D eigenvalue weighted by Gasteiger charge is -2.32. The Bertz CT molecular complexity index is 619. The highest BCUT2D eigenvalue weighted by Crippen LogP contribution is 2.22. The van der Waals surface area contributed by atoms with Gasteiger partial charge in [0.15, 0.2) is 0 Å². The standard InChI is InChI=1S/C17H22N4O/c1-2-4-15(5-3-1)13-19-6-7-21-16(14-19)12-18-17(21)20-8-10-22-11-9-20/h1-5,12H,6-11,13-14H2. The second-order valence-corrected chi connectivity index (χ2v) is 6.00. The van der Waals surface area contributed by atoms with Crippen LogP contribution >= 0.6 is 0 Å². The third-order valence-corrected chi connectivity index (χ3v) is 4.49. The van der Waals surface area contributed by atoms with E-state index < -0.39 is 0 Å². The molecule has 22 heavy (non-hydrogen) atoms. The van der Waals surface area contributed by atoms with E-state index in [1.54, 1.807) is 0 Å². The molecule has 0 atom stereocenters. The molecule has 0 bridgehead atoms. The van der Waals surface area contributed by atoms with E-state index in [9.17, 15) is 0 Å². The molecule has 4 rings (SSSR count). The molecule has 0 unspecified atom stereocenters. The van der Waals surface area contributed by atoms with Crippen molar-refractivity contribution >= 4 is 5.95 Å². The van der Waals surface area contributed by atoms with Gasteiger partial charge in [0.25, 0.3) is 0 Å². The third kappa shape index (κ3) is 2.74. The molecule has 1 aromatic carbocycles. The fourth-order valence-corrected chi connectivity index (χ4v) is 3.31. The van der Waals surface area contributed by atoms with Crippen molar-refractivity contribution in [3.63, 3.8) is 0 Å². The molecule has 1 fully saturated rings. The lowest BCUT2D eigenvalue weighted by Crippen LogP contribution is -2.40. The van der Waals surface area contributed by atoms with Crippen LogP contribution in [0.2, 0.25) is 0 Å². The van der Waals surface area contributed by atoms with Crippen molar-refractivity contribution in [2.24, 2.45) is 0 Å². The first-order chi connectivity index (χ1) is 10.9. The van der Waals surface area contributed by atoms with Gasteiger partial charge in [-0.3, -0.25) is 4.90 Å². The Labute approximate surface area is 131 Å². The van der Waals surface area contributed by atoms with E-state index in [2.05, 4.69) is 49.7 Å². The van der Waals surface area contributed by atoms with Crippen LogP contribution in [-0.2, 0) is 24.4 Å². The minimum atomic E-state index is 0.808. The van der Waals surface area contributed by atoms with Crippen molar-refractivity contribution in [2.75, 3.05) is 37.7 Å². The molecule has 2 aliphatic rings. The van der Waals surface area contributed by atoms with Crippen LogP contribution in [0.3, 0.4) is 0 Å². The summed E-state index contributed by atoms with van der Waals surface area (Å²) < 4.78 is 7.82. The monoisotopic (exact) mass is 298 g/mol. The molecule has 116 valence electrons. The van der Waals surface area contributed by atoms with Gasteiger partial charge in [-0.2, -0.15) is 0 Å². The number of anilines is 1. The fraction of sp³-hybridized carbons (Fsp3) is 0.471. The number of nitrogens with zero attached hydrogens (tertiary/aromatic N) is 4. The normalized spacial score (nSPS) is 19.2. The number of fused-ring (bicyclic) bond motifs is 1. The van der Waals surface area contributed by atoms with Gasteiger partial charge < -0.3 is 14.2 Å². The molecule has 1 aromatic heterocycles. The molecule has 0 aliphatic carbocycles. The molecular formula is C17H22N4O. The average Bonchev–Trinajstić information content (AvgIpc) is 3.00. The molecule has 5 nitrogen and oxygen atoms in total. The molecule has 0 amide bonds. The molecule has 0 spiro atoms. The van der Waals surface area contributed by atoms with Crippen molar-refractivity contribution in [3.8, 4) is 0 Å². The number of imidazole rings is 1. The van der Waals surface area contributed by atoms with Crippen LogP contribution in [0, 0.1) is 0 Å². The Kier molecular flexibility index (Phi) is 3.83. The first kappa shape index (κ1) is 13.8. The second kappa shape index (κ2) is 6.10. The maximum atomic E-state index is 5.44. The summed E-state index contributed by atoms with van der Waals surface area (Å²) in [4.78, 5) is 9.51. The van der Waals surface area contributed by atoms with E-state index >= 15 is 0 Å². The Morgan fingerprint density at radius 2 is 1.82 bits per heavy atom. The lowest BCUT2D eigenvalue weighted by atomic mass is 10.2. The summed E-state index contributed by atoms with van der Waals surface area (Å²) in [6, 6.07) is 10.7. The smallest absolute Gasteiger partial charge is 0.205 e. The summed E-state index contributed by atoms with van der Waals surface area (Å²) in [6.45, 7) is 7.61. The zero-order valence-corrected chi connectivity index (χ0v) is 12.8. The molecule has 2 aromatic rings. The predicted octanol–water partition coefficient (Wildman–Crippen LogP) is 1.74. The van der Waals surface area contributed by atoms with Gasteiger partial charge in [0.2, 0.25) is 5.95 Å². The number of hydrogen-bond donors (Lipinski definition) is 0. The van der Waals surface area contributed by atoms with Crippen LogP contribution in [-0.4, -0.2) is 47.3 Å². The number of morpholine rings is 1. The van der Waals surface area contributed by atoms with Crippen molar-refractivity contribution in [2.45, 2.75) is 19.6 Å². The first-order valence-corrected chi connectivity index (χ1v) is 8.03. The number of benzene rings is 1. The van der Waals surface area contributed by atoms with Crippen molar-refractivity contribution in [1.29, 1.82) is 0 Å². The van der Waals surface area contributed by atoms with E-state index in [0.29, 0.717) is 0 Å². The highest BCUT2D eigenvalue weighted by molar-refractivity contribution is 5.35. The Morgan fingerprint density at radius 3 is 2.64 bits per heavy atom. The number of aromatic nitrogens is 2. The van der Waals surface area contributed by atoms with Crippen LogP contribution in [0.5, 0.6) is 0 Å². The summed E-state index contributed by atoms with van der Waals surface area (Å²) >= 11 is 0. The molecule has 2 aliphatic heterocycles. The largest absolute Gasteiger partial charge is 0.378 e. The first-order valence-electron chi connectivity index (χ1n) is 8.03. The van der Waals surface area contributed by atoms with Crippen LogP contribution < -0.4 is 4.90 Å². The minimum Gasteiger partial charge on any atom is -0.378 e. The van der Waals surface area contributed by atoms with E-state index in [0.717, 1.165) is 58.4 Å².